The van der Waals surface area contributed by atoms with Gasteiger partial charge in [0.2, 0.25) is 0 Å². The molecular weight excluding hydrogens is 677 g/mol. The van der Waals surface area contributed by atoms with E-state index < -0.39 is 35.3 Å². The number of hydrogen-bond acceptors (Lipinski definition) is 6. The van der Waals surface area contributed by atoms with Crippen LogP contribution in [0.3, 0.4) is 0 Å². The number of para-hydroxylation sites is 1. The molecular formula is C46H38N2O6. The molecule has 0 radical (unpaired) electrons. The van der Waals surface area contributed by atoms with Gasteiger partial charge in [-0.25, -0.2) is 4.79 Å². The highest BCUT2D eigenvalue weighted by Gasteiger charge is 2.40. The van der Waals surface area contributed by atoms with Crippen LogP contribution >= 0.6 is 0 Å². The predicted molar refractivity (Wildman–Crippen MR) is 208 cm³/mol. The van der Waals surface area contributed by atoms with Gasteiger partial charge in [-0.05, 0) is 50.3 Å². The summed E-state index contributed by atoms with van der Waals surface area (Å²) in [5, 5.41) is 0. The lowest BCUT2D eigenvalue weighted by Gasteiger charge is -2.37. The van der Waals surface area contributed by atoms with Crippen LogP contribution in [0, 0.1) is 25.7 Å². The van der Waals surface area contributed by atoms with Crippen LogP contribution in [0.4, 0.5) is 0 Å². The molecule has 0 unspecified atom stereocenters. The van der Waals surface area contributed by atoms with E-state index in [2.05, 4.69) is 16.8 Å². The van der Waals surface area contributed by atoms with Gasteiger partial charge in [-0.1, -0.05) is 126 Å². The van der Waals surface area contributed by atoms with Crippen molar-refractivity contribution in [1.82, 2.24) is 9.55 Å². The number of H-pyrrole nitrogens is 1. The van der Waals surface area contributed by atoms with Gasteiger partial charge in [0.15, 0.2) is 5.60 Å². The molecule has 1 aromatic heterocycles. The first-order valence-electron chi connectivity index (χ1n) is 17.9. The minimum absolute atomic E-state index is 0.114. The molecule has 8 heteroatoms. The van der Waals surface area contributed by atoms with Gasteiger partial charge >= 0.3 is 5.69 Å². The number of aromatic amines is 1. The molecule has 1 N–H and O–H groups in total. The number of allylic oxidation sites excluding steroid dienone is 1. The topological polar surface area (TPSA) is 91.8 Å². The molecule has 3 atom stereocenters. The van der Waals surface area contributed by atoms with Crippen LogP contribution in [0.15, 0.2) is 155 Å². The fourth-order valence-electron chi connectivity index (χ4n) is 6.86. The third kappa shape index (κ3) is 7.10. The van der Waals surface area contributed by atoms with Crippen molar-refractivity contribution in [3.05, 3.63) is 200 Å². The highest BCUT2D eigenvalue weighted by Crippen LogP contribution is 2.44. The number of aromatic nitrogens is 2. The number of aryl methyl sites for hydroxylation is 2. The van der Waals surface area contributed by atoms with E-state index in [4.69, 9.17) is 18.9 Å². The Morgan fingerprint density at radius 3 is 2.04 bits per heavy atom. The monoisotopic (exact) mass is 714 g/mol. The first kappa shape index (κ1) is 34.5. The van der Waals surface area contributed by atoms with Crippen LogP contribution in [-0.4, -0.2) is 28.4 Å². The summed E-state index contributed by atoms with van der Waals surface area (Å²) in [6, 6.07) is 43.2. The van der Waals surface area contributed by atoms with Crippen molar-refractivity contribution in [2.75, 3.05) is 6.61 Å². The molecule has 1 fully saturated rings. The third-order valence-electron chi connectivity index (χ3n) is 9.74. The Morgan fingerprint density at radius 1 is 0.759 bits per heavy atom. The maximum atomic E-state index is 13.3. The lowest BCUT2D eigenvalue weighted by atomic mass is 9.81. The smallest absolute Gasteiger partial charge is 0.330 e. The number of benzene rings is 5. The highest BCUT2D eigenvalue weighted by molar-refractivity contribution is 5.85. The summed E-state index contributed by atoms with van der Waals surface area (Å²) in [5.74, 6) is 8.40. The normalized spacial score (nSPS) is 18.3. The van der Waals surface area contributed by atoms with E-state index in [-0.39, 0.29) is 12.2 Å². The molecule has 268 valence electrons. The molecule has 8 nitrogen and oxygen atoms in total. The van der Waals surface area contributed by atoms with E-state index in [1.54, 1.807) is 0 Å². The second-order valence-electron chi connectivity index (χ2n) is 13.5. The highest BCUT2D eigenvalue weighted by atomic mass is 16.6. The number of nitrogens with one attached hydrogen (secondary N) is 1. The van der Waals surface area contributed by atoms with E-state index in [1.807, 2.05) is 153 Å². The van der Waals surface area contributed by atoms with Crippen molar-refractivity contribution in [3.63, 3.8) is 0 Å². The first-order valence-corrected chi connectivity index (χ1v) is 17.9. The van der Waals surface area contributed by atoms with Gasteiger partial charge in [-0.3, -0.25) is 14.3 Å². The summed E-state index contributed by atoms with van der Waals surface area (Å²) < 4.78 is 27.2. The van der Waals surface area contributed by atoms with Crippen molar-refractivity contribution >= 4 is 5.57 Å². The lowest BCUT2D eigenvalue weighted by Crippen LogP contribution is -2.35. The summed E-state index contributed by atoms with van der Waals surface area (Å²) in [6.45, 7) is 4.23. The van der Waals surface area contributed by atoms with Gasteiger partial charge in [0.05, 0.1) is 0 Å². The summed E-state index contributed by atoms with van der Waals surface area (Å²) in [7, 11) is 0. The maximum absolute atomic E-state index is 13.3. The number of rotatable bonds is 8. The van der Waals surface area contributed by atoms with Crippen LogP contribution in [0.25, 0.3) is 5.57 Å². The lowest BCUT2D eigenvalue weighted by molar-refractivity contribution is -0.0372. The predicted octanol–water partition coefficient (Wildman–Crippen LogP) is 7.74. The molecule has 0 aliphatic carbocycles. The van der Waals surface area contributed by atoms with Gasteiger partial charge in [0, 0.05) is 34.9 Å². The third-order valence-corrected chi connectivity index (χ3v) is 9.74. The Morgan fingerprint density at radius 2 is 1.37 bits per heavy atom. The Balaban J connectivity index is 1.14. The van der Waals surface area contributed by atoms with Gasteiger partial charge in [0.1, 0.15) is 47.9 Å². The number of fused-ring (bicyclic) bond motifs is 1. The molecule has 2 aliphatic heterocycles. The average molecular weight is 715 g/mol. The van der Waals surface area contributed by atoms with E-state index >= 15 is 0 Å². The maximum Gasteiger partial charge on any atom is 0.330 e. The summed E-state index contributed by atoms with van der Waals surface area (Å²) in [5.41, 5.74) is 3.51. The van der Waals surface area contributed by atoms with E-state index in [1.165, 1.54) is 10.8 Å². The SMILES string of the molecule is Cc1ccc(OC[C@H]2O[C@@H](n3cc(C#CC4=CC(c5ccccc5)(c5ccccc5)Oc5ccccc54)c(=O)[nH]c3=O)C[C@@H]2Oc2ccc(C)cc2)cc1. The van der Waals surface area contributed by atoms with Crippen LogP contribution in [-0.2, 0) is 10.3 Å². The van der Waals surface area contributed by atoms with E-state index in [9.17, 15) is 9.59 Å². The first-order chi connectivity index (χ1) is 26.3. The fourth-order valence-corrected chi connectivity index (χ4v) is 6.86. The molecule has 3 heterocycles. The van der Waals surface area contributed by atoms with E-state index in [0.29, 0.717) is 29.2 Å². The molecule has 54 heavy (non-hydrogen) atoms. The summed E-state index contributed by atoms with van der Waals surface area (Å²) in [4.78, 5) is 29.1. The van der Waals surface area contributed by atoms with Gasteiger partial charge in [-0.2, -0.15) is 0 Å². The standard InChI is InChI=1S/C46H38N2O6/c1-31-17-23-37(24-18-31)51-30-42-41(52-38-25-19-32(2)20-26-38)27-43(53-42)48-29-34(44(49)47-45(48)50)22-21-33-28-46(35-11-5-3-6-12-35,36-13-7-4-8-14-36)54-40-16-10-9-15-39(33)40/h3-20,23-26,28-29,41-43H,27,30H2,1-2H3,(H,47,49,50)/t41-,42+,43+/m0/s1. The van der Waals surface area contributed by atoms with Crippen LogP contribution in [0.2, 0.25) is 0 Å². The Hall–Kier alpha value is -6.56. The number of ether oxygens (including phenoxy) is 4. The minimum Gasteiger partial charge on any atom is -0.491 e. The molecule has 0 saturated carbocycles. The molecule has 0 amide bonds. The molecule has 6 aromatic rings. The molecule has 0 spiro atoms. The van der Waals surface area contributed by atoms with Crippen molar-refractivity contribution in [2.24, 2.45) is 0 Å². The Bertz CT molecular complexity index is 2440. The zero-order valence-corrected chi connectivity index (χ0v) is 29.9. The molecule has 8 rings (SSSR count). The van der Waals surface area contributed by atoms with Gasteiger partial charge in [-0.15, -0.1) is 0 Å². The fraction of sp³-hybridized carbons (Fsp3) is 0.174. The van der Waals surface area contributed by atoms with Crippen LogP contribution in [0.5, 0.6) is 17.2 Å². The second-order valence-corrected chi connectivity index (χ2v) is 13.5. The van der Waals surface area contributed by atoms with Crippen LogP contribution < -0.4 is 25.5 Å². The van der Waals surface area contributed by atoms with E-state index in [0.717, 1.165) is 27.8 Å². The molecule has 0 bridgehead atoms. The summed E-state index contributed by atoms with van der Waals surface area (Å²) >= 11 is 0. The molecule has 5 aromatic carbocycles. The second kappa shape index (κ2) is 14.8. The average Bonchev–Trinajstić information content (AvgIpc) is 3.60. The quantitative estimate of drug-likeness (QED) is 0.162. The Labute approximate surface area is 313 Å². The van der Waals surface area contributed by atoms with Gasteiger partial charge < -0.3 is 18.9 Å². The summed E-state index contributed by atoms with van der Waals surface area (Å²) in [6.07, 6.45) is 2.11. The minimum atomic E-state index is -0.980. The van der Waals surface area contributed by atoms with Crippen LogP contribution in [0.1, 0.15) is 46.0 Å². The van der Waals surface area contributed by atoms with Crippen molar-refractivity contribution in [1.29, 1.82) is 0 Å². The van der Waals surface area contributed by atoms with Gasteiger partial charge in [0.25, 0.3) is 5.56 Å². The van der Waals surface area contributed by atoms with Crippen molar-refractivity contribution in [3.8, 4) is 29.1 Å². The molecule has 1 saturated heterocycles. The number of nitrogens with zero attached hydrogens (tertiary/aromatic N) is 1. The van der Waals surface area contributed by atoms with Crippen molar-refractivity contribution < 1.29 is 18.9 Å². The zero-order chi connectivity index (χ0) is 37.1. The zero-order valence-electron chi connectivity index (χ0n) is 29.9. The van der Waals surface area contributed by atoms with Crippen molar-refractivity contribution in [2.45, 2.75) is 44.3 Å². The number of hydrogen-bond donors (Lipinski definition) is 1. The Kier molecular flexibility index (Phi) is 9.47. The molecule has 2 aliphatic rings. The largest absolute Gasteiger partial charge is 0.491 e.